The van der Waals surface area contributed by atoms with Crippen LogP contribution in [0.15, 0.2) is 47.6 Å². The third kappa shape index (κ3) is 4.78. The molecule has 1 aliphatic heterocycles. The molecule has 2 aliphatic rings. The van der Waals surface area contributed by atoms with Crippen molar-refractivity contribution in [1.82, 2.24) is 9.97 Å². The summed E-state index contributed by atoms with van der Waals surface area (Å²) in [5.41, 5.74) is 0. The van der Waals surface area contributed by atoms with Gasteiger partial charge in [0.2, 0.25) is 0 Å². The molecule has 2 fully saturated rings. The lowest BCUT2D eigenvalue weighted by Crippen LogP contribution is -2.37. The first-order valence-corrected chi connectivity index (χ1v) is 11.2. The van der Waals surface area contributed by atoms with Crippen LogP contribution in [0.25, 0.3) is 0 Å². The second-order valence-corrected chi connectivity index (χ2v) is 9.60. The van der Waals surface area contributed by atoms with Crippen molar-refractivity contribution in [3.8, 4) is 0 Å². The Balaban J connectivity index is 1.42. The maximum Gasteiger partial charge on any atom is 0.134 e. The van der Waals surface area contributed by atoms with Crippen LogP contribution in [0.5, 0.6) is 0 Å². The summed E-state index contributed by atoms with van der Waals surface area (Å²) in [7, 11) is 0. The van der Waals surface area contributed by atoms with Gasteiger partial charge in [0.15, 0.2) is 0 Å². The fraction of sp³-hybridized carbons (Fsp3) is 0.545. The zero-order valence-corrected chi connectivity index (χ0v) is 17.2. The minimum atomic E-state index is 0.236. The van der Waals surface area contributed by atoms with Crippen LogP contribution >= 0.6 is 11.8 Å². The van der Waals surface area contributed by atoms with Gasteiger partial charge in [-0.1, -0.05) is 31.0 Å². The smallest absolute Gasteiger partial charge is 0.134 e. The summed E-state index contributed by atoms with van der Waals surface area (Å²) in [6.07, 6.45) is 8.94. The molecule has 0 bridgehead atoms. The predicted molar refractivity (Wildman–Crippen MR) is 116 cm³/mol. The molecule has 1 aromatic carbocycles. The molecule has 5 nitrogen and oxygen atoms in total. The van der Waals surface area contributed by atoms with Crippen molar-refractivity contribution in [2.45, 2.75) is 48.2 Å². The predicted octanol–water partition coefficient (Wildman–Crippen LogP) is 4.20. The van der Waals surface area contributed by atoms with E-state index in [9.17, 15) is 5.11 Å². The van der Waals surface area contributed by atoms with E-state index >= 15 is 0 Å². The van der Waals surface area contributed by atoms with Crippen LogP contribution in [0.3, 0.4) is 0 Å². The first kappa shape index (κ1) is 19.5. The highest BCUT2D eigenvalue weighted by Gasteiger charge is 2.35. The Hall–Kier alpha value is -1.79. The minimum Gasteiger partial charge on any atom is -0.396 e. The summed E-state index contributed by atoms with van der Waals surface area (Å²) in [6.45, 7) is 3.05. The van der Waals surface area contributed by atoms with Crippen LogP contribution in [0, 0.1) is 5.92 Å². The number of nitrogens with one attached hydrogen (secondary N) is 1. The fourth-order valence-corrected chi connectivity index (χ4v) is 5.79. The van der Waals surface area contributed by atoms with E-state index in [-0.39, 0.29) is 11.4 Å². The summed E-state index contributed by atoms with van der Waals surface area (Å²) < 4.78 is 0.236. The Morgan fingerprint density at radius 2 is 1.96 bits per heavy atom. The number of aliphatic hydroxyl groups excluding tert-OH is 1. The molecule has 2 aromatic rings. The van der Waals surface area contributed by atoms with E-state index in [4.69, 9.17) is 0 Å². The summed E-state index contributed by atoms with van der Waals surface area (Å²) in [4.78, 5) is 12.6. The van der Waals surface area contributed by atoms with Crippen LogP contribution in [0.2, 0.25) is 0 Å². The number of hydrogen-bond donors (Lipinski definition) is 2. The van der Waals surface area contributed by atoms with Crippen LogP contribution in [-0.4, -0.2) is 46.1 Å². The zero-order chi connectivity index (χ0) is 19.2. The quantitative estimate of drug-likeness (QED) is 0.729. The van der Waals surface area contributed by atoms with Gasteiger partial charge in [-0.15, -0.1) is 11.8 Å². The Labute approximate surface area is 172 Å². The topological polar surface area (TPSA) is 61.3 Å². The van der Waals surface area contributed by atoms with Gasteiger partial charge in [-0.2, -0.15) is 0 Å². The average molecular weight is 399 g/mol. The zero-order valence-electron chi connectivity index (χ0n) is 16.4. The molecular formula is C22H30N4OS. The van der Waals surface area contributed by atoms with Crippen LogP contribution in [-0.2, 0) is 0 Å². The van der Waals surface area contributed by atoms with Crippen molar-refractivity contribution in [3.05, 3.63) is 42.7 Å². The highest BCUT2D eigenvalue weighted by molar-refractivity contribution is 8.00. The molecule has 0 spiro atoms. The number of nitrogens with zero attached hydrogens (tertiary/aromatic N) is 3. The number of thioether (sulfide) groups is 1. The van der Waals surface area contributed by atoms with E-state index in [0.717, 1.165) is 44.1 Å². The van der Waals surface area contributed by atoms with Gasteiger partial charge in [0.1, 0.15) is 18.0 Å². The van der Waals surface area contributed by atoms with E-state index in [2.05, 4.69) is 56.6 Å². The standard InChI is InChI=1S/C22H30N4OS/c27-15-18-7-6-12-26(14-18)21-13-20(24-17-25-21)23-16-22(10-4-5-11-22)28-19-8-2-1-3-9-19/h1-3,8-9,13,17-18,27H,4-7,10-12,14-16H2,(H,23,24,25). The van der Waals surface area contributed by atoms with E-state index < -0.39 is 0 Å². The number of anilines is 2. The molecule has 6 heteroatoms. The van der Waals surface area contributed by atoms with E-state index in [1.54, 1.807) is 6.33 Å². The molecule has 1 aliphatic carbocycles. The molecule has 1 saturated carbocycles. The molecule has 0 amide bonds. The monoisotopic (exact) mass is 398 g/mol. The van der Waals surface area contributed by atoms with E-state index in [1.807, 2.05) is 11.8 Å². The molecule has 1 atom stereocenters. The van der Waals surface area contributed by atoms with Crippen molar-refractivity contribution in [1.29, 1.82) is 0 Å². The van der Waals surface area contributed by atoms with Gasteiger partial charge in [-0.3, -0.25) is 0 Å². The largest absolute Gasteiger partial charge is 0.396 e. The molecule has 1 saturated heterocycles. The Morgan fingerprint density at radius 1 is 1.14 bits per heavy atom. The molecule has 4 rings (SSSR count). The number of hydrogen-bond acceptors (Lipinski definition) is 6. The van der Waals surface area contributed by atoms with Crippen LogP contribution in [0.4, 0.5) is 11.6 Å². The Bertz CT molecular complexity index is 751. The highest BCUT2D eigenvalue weighted by Crippen LogP contribution is 2.45. The summed E-state index contributed by atoms with van der Waals surface area (Å²) in [5, 5.41) is 13.1. The van der Waals surface area contributed by atoms with Crippen molar-refractivity contribution in [2.24, 2.45) is 5.92 Å². The summed E-state index contributed by atoms with van der Waals surface area (Å²) >= 11 is 2.01. The first-order chi connectivity index (χ1) is 13.8. The van der Waals surface area contributed by atoms with Crippen molar-refractivity contribution >= 4 is 23.4 Å². The fourth-order valence-electron chi connectivity index (χ4n) is 4.36. The number of aliphatic hydroxyl groups is 1. The molecule has 2 N–H and O–H groups in total. The highest BCUT2D eigenvalue weighted by atomic mass is 32.2. The lowest BCUT2D eigenvalue weighted by Gasteiger charge is -2.33. The van der Waals surface area contributed by atoms with E-state index in [1.165, 1.54) is 30.6 Å². The maximum atomic E-state index is 9.49. The van der Waals surface area contributed by atoms with E-state index in [0.29, 0.717) is 5.92 Å². The maximum absolute atomic E-state index is 9.49. The molecule has 28 heavy (non-hydrogen) atoms. The third-order valence-corrected chi connectivity index (χ3v) is 7.43. The second-order valence-electron chi connectivity index (χ2n) is 8.06. The first-order valence-electron chi connectivity index (χ1n) is 10.4. The van der Waals surface area contributed by atoms with Gasteiger partial charge in [0.05, 0.1) is 0 Å². The van der Waals surface area contributed by atoms with Gasteiger partial charge >= 0.3 is 0 Å². The van der Waals surface area contributed by atoms with Gasteiger partial charge in [-0.05, 0) is 43.7 Å². The van der Waals surface area contributed by atoms with Crippen molar-refractivity contribution in [3.63, 3.8) is 0 Å². The normalized spacial score (nSPS) is 21.6. The number of aromatic nitrogens is 2. The van der Waals surface area contributed by atoms with Gasteiger partial charge in [0, 0.05) is 42.0 Å². The Kier molecular flexibility index (Phi) is 6.37. The average Bonchev–Trinajstić information content (AvgIpc) is 3.22. The Morgan fingerprint density at radius 3 is 2.75 bits per heavy atom. The van der Waals surface area contributed by atoms with Crippen LogP contribution in [0.1, 0.15) is 38.5 Å². The molecule has 1 unspecified atom stereocenters. The number of benzene rings is 1. The number of piperidine rings is 1. The molecule has 0 radical (unpaired) electrons. The molecule has 150 valence electrons. The lowest BCUT2D eigenvalue weighted by atomic mass is 9.99. The molecule has 1 aromatic heterocycles. The minimum absolute atomic E-state index is 0.236. The summed E-state index contributed by atoms with van der Waals surface area (Å²) in [6, 6.07) is 12.8. The number of rotatable bonds is 7. The van der Waals surface area contributed by atoms with Gasteiger partial charge in [-0.25, -0.2) is 9.97 Å². The van der Waals surface area contributed by atoms with Crippen molar-refractivity contribution < 1.29 is 5.11 Å². The van der Waals surface area contributed by atoms with Gasteiger partial charge < -0.3 is 15.3 Å². The van der Waals surface area contributed by atoms with Crippen molar-refractivity contribution in [2.75, 3.05) is 36.5 Å². The summed E-state index contributed by atoms with van der Waals surface area (Å²) in [5.74, 6) is 2.21. The molecular weight excluding hydrogens is 368 g/mol. The van der Waals surface area contributed by atoms with Crippen LogP contribution < -0.4 is 10.2 Å². The molecule has 2 heterocycles. The SMILES string of the molecule is OCC1CCCN(c2cc(NCC3(Sc4ccccc4)CCCC3)ncn2)C1. The van der Waals surface area contributed by atoms with Gasteiger partial charge in [0.25, 0.3) is 0 Å². The third-order valence-electron chi connectivity index (χ3n) is 5.94. The second kappa shape index (κ2) is 9.14. The lowest BCUT2D eigenvalue weighted by molar-refractivity contribution is 0.208.